The zero-order valence-corrected chi connectivity index (χ0v) is 16.4. The number of aryl methyl sites for hydroxylation is 2. The highest BCUT2D eigenvalue weighted by Gasteiger charge is 2.26. The number of benzene rings is 2. The zero-order chi connectivity index (χ0) is 21.4. The maximum atomic E-state index is 14.4. The molecule has 1 amide bonds. The first-order valence-electron chi connectivity index (χ1n) is 8.63. The Morgan fingerprint density at radius 3 is 2.67 bits per heavy atom. The molecule has 0 spiro atoms. The molecule has 0 unspecified atom stereocenters. The molecule has 0 saturated carbocycles. The molecule has 2 aromatic carbocycles. The minimum Gasteiger partial charge on any atom is -0.360 e. The third kappa shape index (κ3) is 3.41. The van der Waals surface area contributed by atoms with Crippen LogP contribution in [0.4, 0.5) is 14.5 Å². The number of anilines is 1. The molecule has 0 saturated heterocycles. The molecule has 2 heterocycles. The first-order valence-corrected chi connectivity index (χ1v) is 9.01. The fraction of sp³-hybridized carbons (Fsp3) is 0.105. The number of amides is 1. The van der Waals surface area contributed by atoms with E-state index in [4.69, 9.17) is 16.1 Å². The Balaban J connectivity index is 1.73. The van der Waals surface area contributed by atoms with Crippen molar-refractivity contribution in [2.75, 3.05) is 5.32 Å². The van der Waals surface area contributed by atoms with Crippen LogP contribution in [-0.4, -0.2) is 31.3 Å². The largest absolute Gasteiger partial charge is 0.360 e. The van der Waals surface area contributed by atoms with Crippen molar-refractivity contribution in [2.45, 2.75) is 13.8 Å². The summed E-state index contributed by atoms with van der Waals surface area (Å²) in [6.07, 6.45) is 0. The molecule has 0 aliphatic rings. The summed E-state index contributed by atoms with van der Waals surface area (Å²) in [7, 11) is 0. The van der Waals surface area contributed by atoms with Gasteiger partial charge < -0.3 is 9.84 Å². The topological polar surface area (TPSA) is 98.7 Å². The van der Waals surface area contributed by atoms with Gasteiger partial charge in [0.15, 0.2) is 5.82 Å². The van der Waals surface area contributed by atoms with Crippen LogP contribution in [0, 0.1) is 25.5 Å². The SMILES string of the molecule is Cc1onc(-c2c(F)cccc2Cl)c1C(=O)Nc1cc(-n2nnnc2C)ccc1F. The molecule has 0 atom stereocenters. The lowest BCUT2D eigenvalue weighted by Crippen LogP contribution is -2.15. The van der Waals surface area contributed by atoms with Gasteiger partial charge in [0.2, 0.25) is 0 Å². The van der Waals surface area contributed by atoms with Crippen molar-refractivity contribution in [3.05, 3.63) is 70.2 Å². The van der Waals surface area contributed by atoms with Crippen LogP contribution in [0.15, 0.2) is 40.9 Å². The molecule has 8 nitrogen and oxygen atoms in total. The van der Waals surface area contributed by atoms with Crippen molar-refractivity contribution in [3.8, 4) is 16.9 Å². The van der Waals surface area contributed by atoms with E-state index in [-0.39, 0.29) is 33.3 Å². The fourth-order valence-corrected chi connectivity index (χ4v) is 3.18. The average Bonchev–Trinajstić information content (AvgIpc) is 3.29. The number of carbonyl (C=O) groups excluding carboxylic acids is 1. The zero-order valence-electron chi connectivity index (χ0n) is 15.7. The van der Waals surface area contributed by atoms with Gasteiger partial charge in [-0.05, 0) is 54.6 Å². The monoisotopic (exact) mass is 430 g/mol. The fourth-order valence-electron chi connectivity index (χ4n) is 2.93. The van der Waals surface area contributed by atoms with Gasteiger partial charge in [0, 0.05) is 0 Å². The number of aromatic nitrogens is 5. The predicted octanol–water partition coefficient (Wildman–Crippen LogP) is 4.12. The summed E-state index contributed by atoms with van der Waals surface area (Å²) in [5.74, 6) is -1.50. The first kappa shape index (κ1) is 19.6. The molecule has 0 bridgehead atoms. The standard InChI is InChI=1S/C19H13ClF2N6O2/c1-9-16(18(25-30-9)17-12(20)4-3-5-14(17)22)19(29)23-15-8-11(6-7-13(15)21)28-10(2)24-26-27-28/h3-8H,1-2H3,(H,23,29). The van der Waals surface area contributed by atoms with Crippen LogP contribution in [0.25, 0.3) is 16.9 Å². The lowest BCUT2D eigenvalue weighted by atomic mass is 10.0. The molecule has 0 fully saturated rings. The number of rotatable bonds is 4. The molecule has 0 aliphatic carbocycles. The lowest BCUT2D eigenvalue weighted by molar-refractivity contribution is 0.102. The van der Waals surface area contributed by atoms with Crippen molar-refractivity contribution in [1.29, 1.82) is 0 Å². The summed E-state index contributed by atoms with van der Waals surface area (Å²) < 4.78 is 35.2. The van der Waals surface area contributed by atoms with Crippen LogP contribution < -0.4 is 5.32 Å². The Morgan fingerprint density at radius 2 is 1.97 bits per heavy atom. The van der Waals surface area contributed by atoms with Gasteiger partial charge in [0.25, 0.3) is 5.91 Å². The van der Waals surface area contributed by atoms with Gasteiger partial charge in [-0.1, -0.05) is 22.8 Å². The van der Waals surface area contributed by atoms with Gasteiger partial charge >= 0.3 is 0 Å². The Bertz CT molecular complexity index is 1250. The number of nitrogens with zero attached hydrogens (tertiary/aromatic N) is 5. The summed E-state index contributed by atoms with van der Waals surface area (Å²) in [6, 6.07) is 8.07. The number of hydrogen-bond donors (Lipinski definition) is 1. The molecular weight excluding hydrogens is 418 g/mol. The van der Waals surface area contributed by atoms with Gasteiger partial charge in [-0.25, -0.2) is 8.78 Å². The van der Waals surface area contributed by atoms with Gasteiger partial charge in [0.1, 0.15) is 28.7 Å². The molecule has 30 heavy (non-hydrogen) atoms. The minimum atomic E-state index is -0.743. The van der Waals surface area contributed by atoms with Crippen molar-refractivity contribution in [1.82, 2.24) is 25.4 Å². The molecule has 152 valence electrons. The Morgan fingerprint density at radius 1 is 1.17 bits per heavy atom. The second-order valence-corrected chi connectivity index (χ2v) is 6.72. The van der Waals surface area contributed by atoms with Gasteiger partial charge in [-0.2, -0.15) is 4.68 Å². The number of tetrazole rings is 1. The second-order valence-electron chi connectivity index (χ2n) is 6.32. The van der Waals surface area contributed by atoms with Crippen LogP contribution in [-0.2, 0) is 0 Å². The minimum absolute atomic E-state index is 0.0553. The Hall–Kier alpha value is -3.66. The van der Waals surface area contributed by atoms with Gasteiger partial charge in [-0.3, -0.25) is 4.79 Å². The highest BCUT2D eigenvalue weighted by atomic mass is 35.5. The molecule has 0 radical (unpaired) electrons. The van der Waals surface area contributed by atoms with Crippen molar-refractivity contribution in [2.24, 2.45) is 0 Å². The van der Waals surface area contributed by atoms with E-state index in [2.05, 4.69) is 26.0 Å². The summed E-state index contributed by atoms with van der Waals surface area (Å²) >= 11 is 6.09. The Labute approximate surface area is 173 Å². The van der Waals surface area contributed by atoms with Crippen LogP contribution in [0.3, 0.4) is 0 Å². The van der Waals surface area contributed by atoms with E-state index < -0.39 is 17.5 Å². The van der Waals surface area contributed by atoms with Crippen molar-refractivity contribution in [3.63, 3.8) is 0 Å². The molecule has 2 aromatic heterocycles. The summed E-state index contributed by atoms with van der Waals surface area (Å²) in [4.78, 5) is 12.9. The van der Waals surface area contributed by atoms with E-state index >= 15 is 0 Å². The number of halogens is 3. The van der Waals surface area contributed by atoms with E-state index in [0.29, 0.717) is 11.5 Å². The smallest absolute Gasteiger partial charge is 0.261 e. The summed E-state index contributed by atoms with van der Waals surface area (Å²) in [5.41, 5.74) is 0.0817. The van der Waals surface area contributed by atoms with Crippen LogP contribution >= 0.6 is 11.6 Å². The van der Waals surface area contributed by atoms with E-state index in [0.717, 1.165) is 0 Å². The molecule has 4 aromatic rings. The van der Waals surface area contributed by atoms with Gasteiger partial charge in [0.05, 0.1) is 22.0 Å². The van der Waals surface area contributed by atoms with Crippen LogP contribution in [0.1, 0.15) is 21.9 Å². The third-order valence-electron chi connectivity index (χ3n) is 4.36. The molecular formula is C19H13ClF2N6O2. The molecule has 1 N–H and O–H groups in total. The first-order chi connectivity index (χ1) is 14.4. The summed E-state index contributed by atoms with van der Waals surface area (Å²) in [5, 5.41) is 17.4. The highest BCUT2D eigenvalue weighted by Crippen LogP contribution is 2.34. The molecule has 11 heteroatoms. The summed E-state index contributed by atoms with van der Waals surface area (Å²) in [6.45, 7) is 3.16. The maximum Gasteiger partial charge on any atom is 0.261 e. The highest BCUT2D eigenvalue weighted by molar-refractivity contribution is 6.33. The predicted molar refractivity (Wildman–Crippen MR) is 103 cm³/mol. The average molecular weight is 431 g/mol. The third-order valence-corrected chi connectivity index (χ3v) is 4.67. The molecule has 4 rings (SSSR count). The second kappa shape index (κ2) is 7.64. The van der Waals surface area contributed by atoms with Gasteiger partial charge in [-0.15, -0.1) is 5.10 Å². The Kier molecular flexibility index (Phi) is 5.00. The maximum absolute atomic E-state index is 14.4. The van der Waals surface area contributed by atoms with Crippen molar-refractivity contribution >= 4 is 23.2 Å². The molecule has 0 aliphatic heterocycles. The van der Waals surface area contributed by atoms with E-state index in [1.807, 2.05) is 0 Å². The van der Waals surface area contributed by atoms with Crippen molar-refractivity contribution < 1.29 is 18.1 Å². The number of nitrogens with one attached hydrogen (secondary N) is 1. The van der Waals surface area contributed by atoms with E-state index in [1.165, 1.54) is 48.0 Å². The van der Waals surface area contributed by atoms with E-state index in [9.17, 15) is 13.6 Å². The normalized spacial score (nSPS) is 11.0. The van der Waals surface area contributed by atoms with Crippen LogP contribution in [0.5, 0.6) is 0 Å². The van der Waals surface area contributed by atoms with Crippen LogP contribution in [0.2, 0.25) is 5.02 Å². The lowest BCUT2D eigenvalue weighted by Gasteiger charge is -2.10. The number of hydrogen-bond acceptors (Lipinski definition) is 6. The van der Waals surface area contributed by atoms with E-state index in [1.54, 1.807) is 6.92 Å². The number of carbonyl (C=O) groups is 1. The quantitative estimate of drug-likeness (QED) is 0.523.